The van der Waals surface area contributed by atoms with E-state index in [-0.39, 0.29) is 0 Å². The summed E-state index contributed by atoms with van der Waals surface area (Å²) in [6.45, 7) is 3.76. The minimum absolute atomic E-state index is 0.792. The number of halogens is 2. The number of hydrogen-bond acceptors (Lipinski definition) is 1. The Morgan fingerprint density at radius 2 is 1.90 bits per heavy atom. The number of allylic oxidation sites excluding steroid dienone is 1. The van der Waals surface area contributed by atoms with E-state index in [1.807, 2.05) is 24.3 Å². The van der Waals surface area contributed by atoms with E-state index in [1.165, 1.54) is 5.56 Å². The van der Waals surface area contributed by atoms with Crippen molar-refractivity contribution in [2.45, 2.75) is 12.8 Å². The second-order valence-electron chi connectivity index (χ2n) is 4.55. The van der Waals surface area contributed by atoms with Gasteiger partial charge in [0.15, 0.2) is 0 Å². The molecule has 104 valence electrons. The summed E-state index contributed by atoms with van der Waals surface area (Å²) >= 11 is 9.96. The Hall–Kier alpha value is -1.25. The van der Waals surface area contributed by atoms with E-state index in [9.17, 15) is 0 Å². The molecule has 0 atom stereocenters. The third-order valence-electron chi connectivity index (χ3n) is 3.13. The van der Waals surface area contributed by atoms with Gasteiger partial charge in [-0.15, -0.1) is 6.58 Å². The molecule has 0 fully saturated rings. The average Bonchev–Trinajstić information content (AvgIpc) is 2.45. The number of rotatable bonds is 5. The van der Waals surface area contributed by atoms with Crippen molar-refractivity contribution in [3.63, 3.8) is 0 Å². The average molecular weight is 352 g/mol. The van der Waals surface area contributed by atoms with Crippen LogP contribution in [0.25, 0.3) is 0 Å². The maximum absolute atomic E-state index is 6.37. The normalized spacial score (nSPS) is 10.3. The first kappa shape index (κ1) is 15.1. The third-order valence-corrected chi connectivity index (χ3v) is 4.22. The van der Waals surface area contributed by atoms with Crippen LogP contribution in [-0.2, 0) is 12.8 Å². The van der Waals surface area contributed by atoms with E-state index in [4.69, 9.17) is 16.3 Å². The molecular weight excluding hydrogens is 336 g/mol. The molecule has 1 nitrogen and oxygen atoms in total. The Balaban J connectivity index is 2.24. The number of ether oxygens (including phenoxy) is 1. The lowest BCUT2D eigenvalue weighted by molar-refractivity contribution is 0.414. The van der Waals surface area contributed by atoms with Crippen molar-refractivity contribution in [2.75, 3.05) is 7.11 Å². The highest BCUT2D eigenvalue weighted by atomic mass is 79.9. The molecule has 0 aromatic heterocycles. The van der Waals surface area contributed by atoms with Gasteiger partial charge in [0.05, 0.1) is 7.11 Å². The van der Waals surface area contributed by atoms with E-state index in [2.05, 4.69) is 40.7 Å². The Labute approximate surface area is 133 Å². The third kappa shape index (κ3) is 3.65. The molecule has 0 bridgehead atoms. The van der Waals surface area contributed by atoms with Gasteiger partial charge in [-0.3, -0.25) is 0 Å². The van der Waals surface area contributed by atoms with Gasteiger partial charge < -0.3 is 4.74 Å². The van der Waals surface area contributed by atoms with Crippen LogP contribution in [0.2, 0.25) is 5.02 Å². The Kier molecular flexibility index (Phi) is 5.27. The van der Waals surface area contributed by atoms with Crippen molar-refractivity contribution < 1.29 is 4.74 Å². The summed E-state index contributed by atoms with van der Waals surface area (Å²) in [7, 11) is 1.67. The highest BCUT2D eigenvalue weighted by Gasteiger charge is 2.07. The SMILES string of the molecule is C=CCc1cc(Cl)c(Cc2ccc(OC)cc2)cc1Br. The van der Waals surface area contributed by atoms with E-state index in [0.717, 1.165) is 39.2 Å². The van der Waals surface area contributed by atoms with Crippen LogP contribution in [0.3, 0.4) is 0 Å². The van der Waals surface area contributed by atoms with Gasteiger partial charge >= 0.3 is 0 Å². The Morgan fingerprint density at radius 3 is 2.50 bits per heavy atom. The molecule has 0 amide bonds. The maximum atomic E-state index is 6.37. The molecule has 3 heteroatoms. The Morgan fingerprint density at radius 1 is 1.20 bits per heavy atom. The maximum Gasteiger partial charge on any atom is 0.118 e. The van der Waals surface area contributed by atoms with Gasteiger partial charge in [-0.05, 0) is 53.8 Å². The lowest BCUT2D eigenvalue weighted by Gasteiger charge is -2.10. The second-order valence-corrected chi connectivity index (χ2v) is 5.81. The zero-order valence-electron chi connectivity index (χ0n) is 11.3. The summed E-state index contributed by atoms with van der Waals surface area (Å²) in [4.78, 5) is 0. The van der Waals surface area contributed by atoms with Crippen LogP contribution in [0.1, 0.15) is 16.7 Å². The van der Waals surface area contributed by atoms with Crippen LogP contribution >= 0.6 is 27.5 Å². The predicted octanol–water partition coefficient (Wildman–Crippen LogP) is 5.43. The van der Waals surface area contributed by atoms with Gasteiger partial charge in [0.2, 0.25) is 0 Å². The second kappa shape index (κ2) is 6.96. The zero-order valence-corrected chi connectivity index (χ0v) is 13.7. The van der Waals surface area contributed by atoms with Crippen LogP contribution < -0.4 is 4.74 Å². The summed E-state index contributed by atoms with van der Waals surface area (Å²) in [6.07, 6.45) is 3.48. The minimum Gasteiger partial charge on any atom is -0.497 e. The van der Waals surface area contributed by atoms with Gasteiger partial charge in [-0.1, -0.05) is 45.7 Å². The van der Waals surface area contributed by atoms with Crippen molar-refractivity contribution in [1.29, 1.82) is 0 Å². The fourth-order valence-corrected chi connectivity index (χ4v) is 2.85. The molecule has 20 heavy (non-hydrogen) atoms. The van der Waals surface area contributed by atoms with Gasteiger partial charge in [-0.2, -0.15) is 0 Å². The number of hydrogen-bond donors (Lipinski definition) is 0. The molecule has 0 aliphatic carbocycles. The fraction of sp³-hybridized carbons (Fsp3) is 0.176. The predicted molar refractivity (Wildman–Crippen MR) is 88.9 cm³/mol. The van der Waals surface area contributed by atoms with E-state index < -0.39 is 0 Å². The van der Waals surface area contributed by atoms with Crippen molar-refractivity contribution in [2.24, 2.45) is 0 Å². The standard InChI is InChI=1S/C17H16BrClO/c1-3-4-13-11-17(19)14(10-16(13)18)9-12-5-7-15(20-2)8-6-12/h3,5-8,10-11H,1,4,9H2,2H3. The monoisotopic (exact) mass is 350 g/mol. The first-order valence-electron chi connectivity index (χ1n) is 6.34. The van der Waals surface area contributed by atoms with Crippen molar-refractivity contribution in [3.05, 3.63) is 75.2 Å². The van der Waals surface area contributed by atoms with Gasteiger partial charge in [-0.25, -0.2) is 0 Å². The van der Waals surface area contributed by atoms with Gasteiger partial charge in [0, 0.05) is 9.50 Å². The van der Waals surface area contributed by atoms with Crippen LogP contribution in [0.5, 0.6) is 5.75 Å². The van der Waals surface area contributed by atoms with Crippen molar-refractivity contribution >= 4 is 27.5 Å². The zero-order chi connectivity index (χ0) is 14.5. The highest BCUT2D eigenvalue weighted by Crippen LogP contribution is 2.28. The topological polar surface area (TPSA) is 9.23 Å². The van der Waals surface area contributed by atoms with Crippen LogP contribution in [0.4, 0.5) is 0 Å². The molecule has 0 aliphatic heterocycles. The summed E-state index contributed by atoms with van der Waals surface area (Å²) in [6, 6.07) is 12.1. The minimum atomic E-state index is 0.792. The lowest BCUT2D eigenvalue weighted by atomic mass is 10.0. The van der Waals surface area contributed by atoms with E-state index in [0.29, 0.717) is 0 Å². The summed E-state index contributed by atoms with van der Waals surface area (Å²) in [5.41, 5.74) is 3.47. The molecular formula is C17H16BrClO. The molecule has 2 aromatic rings. The molecule has 0 unspecified atom stereocenters. The number of methoxy groups -OCH3 is 1. The molecule has 0 N–H and O–H groups in total. The molecule has 0 heterocycles. The Bertz CT molecular complexity index is 605. The summed E-state index contributed by atoms with van der Waals surface area (Å²) < 4.78 is 6.24. The quantitative estimate of drug-likeness (QED) is 0.653. The summed E-state index contributed by atoms with van der Waals surface area (Å²) in [5.74, 6) is 0.863. The number of benzene rings is 2. The first-order chi connectivity index (χ1) is 9.63. The van der Waals surface area contributed by atoms with Crippen LogP contribution in [0.15, 0.2) is 53.5 Å². The first-order valence-corrected chi connectivity index (χ1v) is 7.51. The van der Waals surface area contributed by atoms with E-state index in [1.54, 1.807) is 7.11 Å². The highest BCUT2D eigenvalue weighted by molar-refractivity contribution is 9.10. The molecule has 2 rings (SSSR count). The molecule has 0 aliphatic rings. The molecule has 0 spiro atoms. The van der Waals surface area contributed by atoms with Crippen molar-refractivity contribution in [3.8, 4) is 5.75 Å². The lowest BCUT2D eigenvalue weighted by Crippen LogP contribution is -1.93. The van der Waals surface area contributed by atoms with Gasteiger partial charge in [0.1, 0.15) is 5.75 Å². The molecule has 0 radical (unpaired) electrons. The van der Waals surface area contributed by atoms with Crippen LogP contribution in [-0.4, -0.2) is 7.11 Å². The van der Waals surface area contributed by atoms with Crippen molar-refractivity contribution in [1.82, 2.24) is 0 Å². The largest absolute Gasteiger partial charge is 0.497 e. The molecule has 2 aromatic carbocycles. The molecule has 0 saturated heterocycles. The molecule has 0 saturated carbocycles. The van der Waals surface area contributed by atoms with Crippen LogP contribution in [0, 0.1) is 0 Å². The fourth-order valence-electron chi connectivity index (χ4n) is 2.04. The smallest absolute Gasteiger partial charge is 0.118 e. The van der Waals surface area contributed by atoms with E-state index >= 15 is 0 Å². The van der Waals surface area contributed by atoms with Gasteiger partial charge in [0.25, 0.3) is 0 Å². The summed E-state index contributed by atoms with van der Waals surface area (Å²) in [5, 5.41) is 0.792.